The lowest BCUT2D eigenvalue weighted by molar-refractivity contribution is 0.580. The van der Waals surface area contributed by atoms with E-state index >= 15 is 0 Å². The molecule has 1 unspecified atom stereocenters. The first kappa shape index (κ1) is 14.1. The molecule has 1 heterocycles. The van der Waals surface area contributed by atoms with Crippen LogP contribution in [0.25, 0.3) is 0 Å². The second kappa shape index (κ2) is 5.75. The van der Waals surface area contributed by atoms with E-state index in [0.29, 0.717) is 0 Å². The van der Waals surface area contributed by atoms with Crippen molar-refractivity contribution in [3.63, 3.8) is 0 Å². The Morgan fingerprint density at radius 2 is 1.68 bits per heavy atom. The number of pyridine rings is 1. The van der Waals surface area contributed by atoms with Gasteiger partial charge in [-0.05, 0) is 40.7 Å². The summed E-state index contributed by atoms with van der Waals surface area (Å²) in [5.41, 5.74) is 3.89. The molecule has 1 atom stereocenters. The third-order valence-electron chi connectivity index (χ3n) is 3.27. The SMILES string of the molecule is CC(C)(C)c1ccccc1C(Cl)Cc1ccncc1. The van der Waals surface area contributed by atoms with Crippen molar-refractivity contribution in [2.45, 2.75) is 38.0 Å². The van der Waals surface area contributed by atoms with Crippen LogP contribution in [0, 0.1) is 0 Å². The smallest absolute Gasteiger partial charge is 0.0628 e. The van der Waals surface area contributed by atoms with Gasteiger partial charge >= 0.3 is 0 Å². The zero-order valence-electron chi connectivity index (χ0n) is 11.7. The third kappa shape index (κ3) is 3.57. The summed E-state index contributed by atoms with van der Waals surface area (Å²) in [7, 11) is 0. The van der Waals surface area contributed by atoms with Crippen molar-refractivity contribution < 1.29 is 0 Å². The highest BCUT2D eigenvalue weighted by molar-refractivity contribution is 6.21. The zero-order valence-corrected chi connectivity index (χ0v) is 12.5. The van der Waals surface area contributed by atoms with E-state index in [1.807, 2.05) is 24.5 Å². The van der Waals surface area contributed by atoms with Gasteiger partial charge < -0.3 is 0 Å². The van der Waals surface area contributed by atoms with Crippen molar-refractivity contribution in [1.82, 2.24) is 4.98 Å². The number of nitrogens with zero attached hydrogens (tertiary/aromatic N) is 1. The molecule has 0 saturated heterocycles. The van der Waals surface area contributed by atoms with Crippen LogP contribution in [0.15, 0.2) is 48.8 Å². The number of hydrogen-bond acceptors (Lipinski definition) is 1. The summed E-state index contributed by atoms with van der Waals surface area (Å²) in [5.74, 6) is 0. The molecule has 1 aromatic carbocycles. The van der Waals surface area contributed by atoms with Crippen LogP contribution in [0.1, 0.15) is 42.8 Å². The first-order valence-electron chi connectivity index (χ1n) is 6.61. The molecule has 2 aromatic rings. The van der Waals surface area contributed by atoms with Gasteiger partial charge in [0.25, 0.3) is 0 Å². The maximum Gasteiger partial charge on any atom is 0.0628 e. The predicted octanol–water partition coefficient (Wildman–Crippen LogP) is 4.90. The summed E-state index contributed by atoms with van der Waals surface area (Å²) < 4.78 is 0. The lowest BCUT2D eigenvalue weighted by atomic mass is 9.82. The minimum atomic E-state index is -0.00201. The molecule has 2 heteroatoms. The van der Waals surface area contributed by atoms with Gasteiger partial charge in [-0.2, -0.15) is 0 Å². The summed E-state index contributed by atoms with van der Waals surface area (Å²) in [4.78, 5) is 4.04. The first-order chi connectivity index (χ1) is 8.98. The lowest BCUT2D eigenvalue weighted by Gasteiger charge is -2.25. The van der Waals surface area contributed by atoms with E-state index < -0.39 is 0 Å². The van der Waals surface area contributed by atoms with Crippen molar-refractivity contribution in [1.29, 1.82) is 0 Å². The third-order valence-corrected chi connectivity index (χ3v) is 3.66. The van der Waals surface area contributed by atoms with E-state index in [-0.39, 0.29) is 10.8 Å². The van der Waals surface area contributed by atoms with Crippen LogP contribution in [0.2, 0.25) is 0 Å². The summed E-state index contributed by atoms with van der Waals surface area (Å²) in [6.45, 7) is 6.67. The highest BCUT2D eigenvalue weighted by atomic mass is 35.5. The van der Waals surface area contributed by atoms with Gasteiger partial charge in [-0.3, -0.25) is 4.98 Å². The Balaban J connectivity index is 2.27. The Kier molecular flexibility index (Phi) is 4.26. The van der Waals surface area contributed by atoms with Crippen molar-refractivity contribution in [3.05, 3.63) is 65.5 Å². The predicted molar refractivity (Wildman–Crippen MR) is 81.7 cm³/mol. The summed E-state index contributed by atoms with van der Waals surface area (Å²) in [6, 6.07) is 12.5. The van der Waals surface area contributed by atoms with Crippen LogP contribution in [-0.2, 0) is 11.8 Å². The van der Waals surface area contributed by atoms with E-state index in [2.05, 4.69) is 50.0 Å². The molecular formula is C17H20ClN. The topological polar surface area (TPSA) is 12.9 Å². The zero-order chi connectivity index (χ0) is 13.9. The number of aromatic nitrogens is 1. The molecule has 0 aliphatic heterocycles. The van der Waals surface area contributed by atoms with Crippen LogP contribution in [0.4, 0.5) is 0 Å². The first-order valence-corrected chi connectivity index (χ1v) is 7.04. The van der Waals surface area contributed by atoms with E-state index in [9.17, 15) is 0 Å². The van der Waals surface area contributed by atoms with Gasteiger partial charge in [-0.1, -0.05) is 45.0 Å². The Morgan fingerprint density at radius 1 is 1.05 bits per heavy atom. The monoisotopic (exact) mass is 273 g/mol. The number of alkyl halides is 1. The largest absolute Gasteiger partial charge is 0.265 e. The molecule has 0 spiro atoms. The molecule has 2 rings (SSSR count). The van der Waals surface area contributed by atoms with E-state index in [1.54, 1.807) is 0 Å². The fourth-order valence-corrected chi connectivity index (χ4v) is 2.66. The number of halogens is 1. The molecule has 0 fully saturated rings. The molecule has 0 N–H and O–H groups in total. The van der Waals surface area contributed by atoms with Crippen molar-refractivity contribution in [2.75, 3.05) is 0 Å². The van der Waals surface area contributed by atoms with Crippen LogP contribution in [-0.4, -0.2) is 4.98 Å². The van der Waals surface area contributed by atoms with Crippen LogP contribution in [0.5, 0.6) is 0 Å². The van der Waals surface area contributed by atoms with E-state index in [0.717, 1.165) is 6.42 Å². The van der Waals surface area contributed by atoms with Gasteiger partial charge in [0.05, 0.1) is 5.38 Å². The molecule has 0 amide bonds. The standard InChI is InChI=1S/C17H20ClN/c1-17(2,3)15-7-5-4-6-14(15)16(18)12-13-8-10-19-11-9-13/h4-11,16H,12H2,1-3H3. The van der Waals surface area contributed by atoms with Crippen LogP contribution in [0.3, 0.4) is 0 Å². The highest BCUT2D eigenvalue weighted by Crippen LogP contribution is 2.34. The summed E-state index contributed by atoms with van der Waals surface area (Å²) in [6.07, 6.45) is 4.46. The van der Waals surface area contributed by atoms with Crippen molar-refractivity contribution >= 4 is 11.6 Å². The highest BCUT2D eigenvalue weighted by Gasteiger charge is 2.21. The molecule has 0 aliphatic rings. The molecule has 19 heavy (non-hydrogen) atoms. The number of rotatable bonds is 3. The molecule has 100 valence electrons. The molecule has 1 aromatic heterocycles. The second-order valence-corrected chi connectivity index (χ2v) is 6.39. The van der Waals surface area contributed by atoms with Gasteiger partial charge in [-0.15, -0.1) is 11.6 Å². The van der Waals surface area contributed by atoms with E-state index in [1.165, 1.54) is 16.7 Å². The average Bonchev–Trinajstić information content (AvgIpc) is 2.39. The Labute approximate surface area is 120 Å². The second-order valence-electron chi connectivity index (χ2n) is 5.86. The van der Waals surface area contributed by atoms with Crippen molar-refractivity contribution in [3.8, 4) is 0 Å². The number of hydrogen-bond donors (Lipinski definition) is 0. The molecule has 0 aliphatic carbocycles. The van der Waals surface area contributed by atoms with Gasteiger partial charge in [0.2, 0.25) is 0 Å². The normalized spacial score (nSPS) is 13.3. The van der Waals surface area contributed by atoms with Gasteiger partial charge in [0.15, 0.2) is 0 Å². The average molecular weight is 274 g/mol. The Morgan fingerprint density at radius 3 is 2.32 bits per heavy atom. The van der Waals surface area contributed by atoms with Crippen LogP contribution < -0.4 is 0 Å². The Hall–Kier alpha value is -1.34. The lowest BCUT2D eigenvalue weighted by Crippen LogP contribution is -2.15. The summed E-state index contributed by atoms with van der Waals surface area (Å²) in [5, 5.41) is -0.00201. The van der Waals surface area contributed by atoms with Gasteiger partial charge in [-0.25, -0.2) is 0 Å². The quantitative estimate of drug-likeness (QED) is 0.725. The fraction of sp³-hybridized carbons (Fsp3) is 0.353. The minimum absolute atomic E-state index is 0.00201. The van der Waals surface area contributed by atoms with Gasteiger partial charge in [0, 0.05) is 12.4 Å². The Bertz CT molecular complexity index is 528. The minimum Gasteiger partial charge on any atom is -0.265 e. The van der Waals surface area contributed by atoms with Crippen LogP contribution >= 0.6 is 11.6 Å². The maximum absolute atomic E-state index is 6.63. The molecule has 0 saturated carbocycles. The van der Waals surface area contributed by atoms with Gasteiger partial charge in [0.1, 0.15) is 0 Å². The molecule has 1 nitrogen and oxygen atoms in total. The fourth-order valence-electron chi connectivity index (χ4n) is 2.29. The molecule has 0 radical (unpaired) electrons. The molecular weight excluding hydrogens is 254 g/mol. The van der Waals surface area contributed by atoms with Crippen molar-refractivity contribution in [2.24, 2.45) is 0 Å². The number of benzene rings is 1. The van der Waals surface area contributed by atoms with E-state index in [4.69, 9.17) is 11.6 Å². The summed E-state index contributed by atoms with van der Waals surface area (Å²) >= 11 is 6.63. The maximum atomic E-state index is 6.63. The molecule has 0 bridgehead atoms.